The smallest absolute Gasteiger partial charge is 0.249 e. The molecule has 1 aromatic heterocycles. The summed E-state index contributed by atoms with van der Waals surface area (Å²) in [6.07, 6.45) is 3.67. The fourth-order valence-corrected chi connectivity index (χ4v) is 5.17. The van der Waals surface area contributed by atoms with E-state index in [1.807, 2.05) is 44.2 Å². The van der Waals surface area contributed by atoms with Crippen molar-refractivity contribution in [1.82, 2.24) is 15.5 Å². The van der Waals surface area contributed by atoms with Crippen molar-refractivity contribution in [1.29, 1.82) is 0 Å². The molecule has 0 bridgehead atoms. The second-order valence-electron chi connectivity index (χ2n) is 11.2. The largest absolute Gasteiger partial charge is 0.508 e. The Bertz CT molecular complexity index is 1360. The fourth-order valence-electron chi connectivity index (χ4n) is 5.17. The maximum absolute atomic E-state index is 13.9. The standard InChI is InChI=1S/C32H46N8O4/c1-20-15-24(41)16-21(2)25(20)18-23(19-28(42)26(34)11-8-14-37-32(35)36)30(43)38-27(12-6-7-13-33)31-39-29(40-44-31)17-22-9-4-3-5-10-22/h3-5,9-10,15-16,23,26-27,41H,6-8,11-14,17-19,33-34H2,1-2H3,(H,38,43)(H4,35,36,37)/t23-,26-,27+/m1/s1. The van der Waals surface area contributed by atoms with Gasteiger partial charge < -0.3 is 37.9 Å². The molecule has 3 atom stereocenters. The topological polar surface area (TPSA) is 222 Å². The Morgan fingerprint density at radius 3 is 2.41 bits per heavy atom. The number of Topliss-reactive ketones (excluding diaryl/α,β-unsaturated/α-hetero) is 1. The van der Waals surface area contributed by atoms with Gasteiger partial charge in [-0.3, -0.25) is 14.6 Å². The molecule has 238 valence electrons. The van der Waals surface area contributed by atoms with E-state index < -0.39 is 18.0 Å². The van der Waals surface area contributed by atoms with Gasteiger partial charge in [-0.25, -0.2) is 0 Å². The van der Waals surface area contributed by atoms with Crippen molar-refractivity contribution in [2.75, 3.05) is 13.1 Å². The molecule has 12 nitrogen and oxygen atoms in total. The zero-order valence-electron chi connectivity index (χ0n) is 25.7. The number of aliphatic imine (C=N–C) groups is 1. The van der Waals surface area contributed by atoms with Crippen LogP contribution in [0.1, 0.15) is 78.5 Å². The van der Waals surface area contributed by atoms with Crippen LogP contribution >= 0.6 is 0 Å². The Morgan fingerprint density at radius 1 is 1.05 bits per heavy atom. The van der Waals surface area contributed by atoms with Crippen LogP contribution in [0.15, 0.2) is 52.0 Å². The predicted molar refractivity (Wildman–Crippen MR) is 170 cm³/mol. The van der Waals surface area contributed by atoms with Crippen molar-refractivity contribution < 1.29 is 19.2 Å². The number of aromatic nitrogens is 2. The minimum Gasteiger partial charge on any atom is -0.508 e. The number of aromatic hydroxyl groups is 1. The molecule has 1 amide bonds. The first-order valence-electron chi connectivity index (χ1n) is 15.1. The van der Waals surface area contributed by atoms with Crippen molar-refractivity contribution in [3.8, 4) is 5.75 Å². The number of carbonyl (C=O) groups excluding carboxylic acids is 2. The van der Waals surface area contributed by atoms with E-state index in [2.05, 4.69) is 20.4 Å². The van der Waals surface area contributed by atoms with Crippen LogP contribution in [-0.4, -0.2) is 52.0 Å². The normalized spacial score (nSPS) is 13.2. The second-order valence-corrected chi connectivity index (χ2v) is 11.2. The number of unbranched alkanes of at least 4 members (excludes halogenated alkanes) is 1. The molecule has 0 aliphatic rings. The number of hydrogen-bond donors (Lipinski definition) is 6. The lowest BCUT2D eigenvalue weighted by Crippen LogP contribution is -2.39. The van der Waals surface area contributed by atoms with Gasteiger partial charge in [0.2, 0.25) is 11.8 Å². The van der Waals surface area contributed by atoms with Gasteiger partial charge in [0, 0.05) is 25.3 Å². The van der Waals surface area contributed by atoms with Crippen LogP contribution in [0.25, 0.3) is 0 Å². The zero-order valence-corrected chi connectivity index (χ0v) is 25.7. The number of phenols is 1. The van der Waals surface area contributed by atoms with Gasteiger partial charge in [-0.2, -0.15) is 4.98 Å². The summed E-state index contributed by atoms with van der Waals surface area (Å²) < 4.78 is 5.62. The molecule has 0 saturated heterocycles. The van der Waals surface area contributed by atoms with Gasteiger partial charge in [0.25, 0.3) is 0 Å². The molecule has 0 fully saturated rings. The highest BCUT2D eigenvalue weighted by atomic mass is 16.5. The number of nitrogens with one attached hydrogen (secondary N) is 1. The Balaban J connectivity index is 1.82. The summed E-state index contributed by atoms with van der Waals surface area (Å²) in [6.45, 7) is 4.62. The predicted octanol–water partition coefficient (Wildman–Crippen LogP) is 2.47. The van der Waals surface area contributed by atoms with Gasteiger partial charge in [-0.05, 0) is 93.3 Å². The first kappa shape index (κ1) is 34.2. The van der Waals surface area contributed by atoms with Crippen LogP contribution in [0.2, 0.25) is 0 Å². The number of guanidine groups is 1. The van der Waals surface area contributed by atoms with E-state index in [-0.39, 0.29) is 36.2 Å². The van der Waals surface area contributed by atoms with Gasteiger partial charge in [-0.1, -0.05) is 35.5 Å². The summed E-state index contributed by atoms with van der Waals surface area (Å²) in [5.41, 5.74) is 26.3. The number of amides is 1. The average molecular weight is 607 g/mol. The minimum atomic E-state index is -0.765. The lowest BCUT2D eigenvalue weighted by atomic mass is 9.87. The molecule has 0 radical (unpaired) electrons. The van der Waals surface area contributed by atoms with E-state index in [4.69, 9.17) is 27.5 Å². The number of rotatable bonds is 18. The Morgan fingerprint density at radius 2 is 1.75 bits per heavy atom. The lowest BCUT2D eigenvalue weighted by Gasteiger charge is -2.23. The van der Waals surface area contributed by atoms with Gasteiger partial charge >= 0.3 is 0 Å². The number of aryl methyl sites for hydroxylation is 2. The molecule has 3 rings (SSSR count). The SMILES string of the molecule is Cc1cc(O)cc(C)c1C[C@H](CC(=O)[C@H](N)CCCN=C(N)N)C(=O)N[C@@H](CCCCN)c1nc(Cc2ccccc2)no1. The van der Waals surface area contributed by atoms with E-state index in [1.165, 1.54) is 0 Å². The summed E-state index contributed by atoms with van der Waals surface area (Å²) in [6, 6.07) is 11.8. The number of carbonyl (C=O) groups is 2. The average Bonchev–Trinajstić information content (AvgIpc) is 3.44. The van der Waals surface area contributed by atoms with Crippen molar-refractivity contribution in [3.63, 3.8) is 0 Å². The zero-order chi connectivity index (χ0) is 32.1. The molecule has 2 aromatic carbocycles. The van der Waals surface area contributed by atoms with E-state index >= 15 is 0 Å². The molecule has 0 spiro atoms. The maximum atomic E-state index is 13.9. The van der Waals surface area contributed by atoms with Gasteiger partial charge in [0.15, 0.2) is 11.8 Å². The Labute approximate surface area is 258 Å². The van der Waals surface area contributed by atoms with Crippen LogP contribution in [0.4, 0.5) is 0 Å². The van der Waals surface area contributed by atoms with Crippen molar-refractivity contribution in [2.24, 2.45) is 33.8 Å². The monoisotopic (exact) mass is 606 g/mol. The molecule has 0 unspecified atom stereocenters. The second kappa shape index (κ2) is 17.1. The van der Waals surface area contributed by atoms with Crippen LogP contribution < -0.4 is 28.3 Å². The van der Waals surface area contributed by atoms with Crippen LogP contribution in [0, 0.1) is 19.8 Å². The highest BCUT2D eigenvalue weighted by Crippen LogP contribution is 2.27. The van der Waals surface area contributed by atoms with Crippen molar-refractivity contribution >= 4 is 17.6 Å². The number of nitrogens with zero attached hydrogens (tertiary/aromatic N) is 3. The number of phenolic OH excluding ortho intramolecular Hbond substituents is 1. The molecule has 3 aromatic rings. The number of benzene rings is 2. The number of hydrogen-bond acceptors (Lipinski definition) is 9. The van der Waals surface area contributed by atoms with Gasteiger partial charge in [0.1, 0.15) is 17.6 Å². The molecular formula is C32H46N8O4. The quantitative estimate of drug-likeness (QED) is 0.0705. The van der Waals surface area contributed by atoms with Crippen molar-refractivity contribution in [3.05, 3.63) is 76.4 Å². The third-order valence-corrected chi connectivity index (χ3v) is 7.58. The molecule has 10 N–H and O–H groups in total. The number of ketones is 1. The molecule has 0 aliphatic carbocycles. The lowest BCUT2D eigenvalue weighted by molar-refractivity contribution is -0.130. The van der Waals surface area contributed by atoms with E-state index in [1.54, 1.807) is 12.1 Å². The summed E-state index contributed by atoms with van der Waals surface area (Å²) in [5, 5.41) is 17.3. The van der Waals surface area contributed by atoms with Crippen LogP contribution in [0.5, 0.6) is 5.75 Å². The summed E-state index contributed by atoms with van der Waals surface area (Å²) in [4.78, 5) is 35.7. The van der Waals surface area contributed by atoms with E-state index in [0.29, 0.717) is 50.5 Å². The van der Waals surface area contributed by atoms with Crippen LogP contribution in [0.3, 0.4) is 0 Å². The highest BCUT2D eigenvalue weighted by Gasteiger charge is 2.30. The van der Waals surface area contributed by atoms with Gasteiger partial charge in [0.05, 0.1) is 6.04 Å². The first-order chi connectivity index (χ1) is 21.1. The Hall–Kier alpha value is -4.29. The molecule has 12 heteroatoms. The van der Waals surface area contributed by atoms with Gasteiger partial charge in [-0.15, -0.1) is 0 Å². The summed E-state index contributed by atoms with van der Waals surface area (Å²) >= 11 is 0. The molecule has 44 heavy (non-hydrogen) atoms. The van der Waals surface area contributed by atoms with E-state index in [9.17, 15) is 14.7 Å². The van der Waals surface area contributed by atoms with Crippen LogP contribution in [-0.2, 0) is 22.4 Å². The molecule has 1 heterocycles. The fraction of sp³-hybridized carbons (Fsp3) is 0.469. The van der Waals surface area contributed by atoms with E-state index in [0.717, 1.165) is 35.1 Å². The first-order valence-corrected chi connectivity index (χ1v) is 15.1. The Kier molecular flexibility index (Phi) is 13.3. The minimum absolute atomic E-state index is 0.0179. The molecular weight excluding hydrogens is 560 g/mol. The summed E-state index contributed by atoms with van der Waals surface area (Å²) in [7, 11) is 0. The summed E-state index contributed by atoms with van der Waals surface area (Å²) in [5.74, 6) is -0.332. The maximum Gasteiger partial charge on any atom is 0.249 e. The third-order valence-electron chi connectivity index (χ3n) is 7.58. The number of nitrogens with two attached hydrogens (primary N) is 4. The van der Waals surface area contributed by atoms with Crippen molar-refractivity contribution in [2.45, 2.75) is 77.3 Å². The third kappa shape index (κ3) is 10.8. The highest BCUT2D eigenvalue weighted by molar-refractivity contribution is 5.90. The molecule has 0 aliphatic heterocycles. The molecule has 0 saturated carbocycles.